The minimum Gasteiger partial charge on any atom is -0.391 e. The Morgan fingerprint density at radius 3 is 2.29 bits per heavy atom. The van der Waals surface area contributed by atoms with Gasteiger partial charge in [0.25, 0.3) is 11.8 Å². The molecule has 2 saturated heterocycles. The molecular formula is C57H68F2N14O8S. The van der Waals surface area contributed by atoms with E-state index in [-0.39, 0.29) is 88.1 Å². The Labute approximate surface area is 476 Å². The molecule has 22 nitrogen and oxygen atoms in total. The van der Waals surface area contributed by atoms with Gasteiger partial charge in [0, 0.05) is 94.0 Å². The summed E-state index contributed by atoms with van der Waals surface area (Å²) in [5.41, 5.74) is 8.52. The van der Waals surface area contributed by atoms with Gasteiger partial charge < -0.3 is 46.6 Å². The number of anilines is 2. The number of β-amino-alcohol motifs (C(OH)–C–C–N with tert-alkyl or cyclic N) is 1. The van der Waals surface area contributed by atoms with Crippen molar-refractivity contribution in [1.82, 2.24) is 60.2 Å². The maximum Gasteiger partial charge on any atom is 0.258 e. The highest BCUT2D eigenvalue weighted by molar-refractivity contribution is 7.13. The van der Waals surface area contributed by atoms with Crippen LogP contribution in [0.2, 0.25) is 0 Å². The Morgan fingerprint density at radius 1 is 0.951 bits per heavy atom. The molecule has 2 aliphatic heterocycles. The highest BCUT2D eigenvalue weighted by Gasteiger charge is 2.60. The molecule has 2 saturated carbocycles. The zero-order valence-electron chi connectivity index (χ0n) is 46.2. The Kier molecular flexibility index (Phi) is 16.6. The fourth-order valence-electron chi connectivity index (χ4n) is 10.9. The van der Waals surface area contributed by atoms with Crippen LogP contribution >= 0.6 is 11.3 Å². The van der Waals surface area contributed by atoms with Gasteiger partial charge in [-0.25, -0.2) is 23.7 Å². The summed E-state index contributed by atoms with van der Waals surface area (Å²) >= 11 is 1.45. The van der Waals surface area contributed by atoms with Crippen molar-refractivity contribution < 1.29 is 47.4 Å². The summed E-state index contributed by atoms with van der Waals surface area (Å²) < 4.78 is 38.4. The van der Waals surface area contributed by atoms with E-state index in [9.17, 15) is 33.9 Å². The second kappa shape index (κ2) is 23.6. The molecule has 4 aromatic heterocycles. The standard InChI is InChI=1S/C57H68F2N14O8S/c1-33-47(82-32-64-33)36-9-5-34(6-10-36)40(57(53(60)79)25-39(74)29-73(57)52(78)48(55(2,3)4)69-54(80)56(59)13-14-56)24-45(75)61-15-21-81-22-16-62-46(76)31-70-17-19-71(20-18-70)51(77)37-11-12-42(41(58)23-37)67-49-50-63-28-44(38-26-65-66-27-38)72(50)30-43(68-49)35-7-8-35/h5-6,9-12,23,26-28,30,32,35,39-40,48,74H,7-8,13-22,24-25,29,31H2,1-4H3,(H2,60,79)(H,61,75)(H,62,76)(H,65,66)(H,67,68)(H,69,80)/t39?,40-,48+,57?/m0/s1. The molecule has 0 spiro atoms. The molecule has 10 rings (SSSR count). The average molecular weight is 1150 g/mol. The molecule has 6 aromatic rings. The number of aromatic nitrogens is 6. The highest BCUT2D eigenvalue weighted by atomic mass is 32.1. The number of benzene rings is 2. The number of ether oxygens (including phenoxy) is 1. The van der Waals surface area contributed by atoms with Gasteiger partial charge in [-0.15, -0.1) is 11.3 Å². The lowest BCUT2D eigenvalue weighted by molar-refractivity contribution is -0.151. The van der Waals surface area contributed by atoms with Crippen LogP contribution in [-0.2, 0) is 28.7 Å². The first kappa shape index (κ1) is 57.5. The number of nitrogens with one attached hydrogen (secondary N) is 5. The van der Waals surface area contributed by atoms with Gasteiger partial charge in [-0.1, -0.05) is 45.0 Å². The number of piperazine rings is 1. The summed E-state index contributed by atoms with van der Waals surface area (Å²) in [5.74, 6) is -4.71. The van der Waals surface area contributed by atoms with Crippen LogP contribution in [0.25, 0.3) is 27.3 Å². The largest absolute Gasteiger partial charge is 0.391 e. The van der Waals surface area contributed by atoms with Crippen molar-refractivity contribution in [3.63, 3.8) is 0 Å². The summed E-state index contributed by atoms with van der Waals surface area (Å²) in [6.07, 6.45) is 7.36. The molecule has 0 radical (unpaired) electrons. The number of carbonyl (C=O) groups is 6. The van der Waals surface area contributed by atoms with Crippen LogP contribution in [-0.4, -0.2) is 174 Å². The summed E-state index contributed by atoms with van der Waals surface area (Å²) in [7, 11) is 0. The van der Waals surface area contributed by atoms with Crippen molar-refractivity contribution in [3.05, 3.63) is 101 Å². The number of carbonyl (C=O) groups excluding carboxylic acids is 6. The van der Waals surface area contributed by atoms with Gasteiger partial charge in [-0.3, -0.25) is 43.2 Å². The van der Waals surface area contributed by atoms with Crippen LogP contribution in [0.3, 0.4) is 0 Å². The summed E-state index contributed by atoms with van der Waals surface area (Å²) in [6, 6.07) is 10.2. The molecule has 2 aliphatic carbocycles. The number of H-pyrrole nitrogens is 1. The number of primary amides is 1. The van der Waals surface area contributed by atoms with Crippen LogP contribution in [0.1, 0.15) is 98.4 Å². The number of hydrogen-bond donors (Lipinski definition) is 7. The summed E-state index contributed by atoms with van der Waals surface area (Å²) in [5, 5.41) is 29.5. The lowest BCUT2D eigenvalue weighted by atomic mass is 9.73. The van der Waals surface area contributed by atoms with E-state index in [0.717, 1.165) is 45.9 Å². The first-order valence-electron chi connectivity index (χ1n) is 27.6. The van der Waals surface area contributed by atoms with Crippen LogP contribution < -0.4 is 27.0 Å². The number of halogens is 2. The molecule has 4 aliphatic rings. The lowest BCUT2D eigenvalue weighted by Gasteiger charge is -2.44. The fraction of sp³-hybridized carbons (Fsp3) is 0.474. The third-order valence-corrected chi connectivity index (χ3v) is 16.8. The Hall–Kier alpha value is -7.74. The smallest absolute Gasteiger partial charge is 0.258 e. The number of aliphatic hydroxyl groups excluding tert-OH is 1. The highest BCUT2D eigenvalue weighted by Crippen LogP contribution is 2.47. The molecule has 434 valence electrons. The number of aryl methyl sites for hydroxylation is 1. The number of fused-ring (bicyclic) bond motifs is 1. The van der Waals surface area contributed by atoms with Gasteiger partial charge in [-0.2, -0.15) is 5.10 Å². The Balaban J connectivity index is 0.693. The van der Waals surface area contributed by atoms with Crippen molar-refractivity contribution in [2.24, 2.45) is 11.1 Å². The molecular weight excluding hydrogens is 1080 g/mol. The summed E-state index contributed by atoms with van der Waals surface area (Å²) in [4.78, 5) is 102. The third-order valence-electron chi connectivity index (χ3n) is 15.8. The Morgan fingerprint density at radius 2 is 1.67 bits per heavy atom. The van der Waals surface area contributed by atoms with Gasteiger partial charge in [0.05, 0.1) is 71.4 Å². The first-order chi connectivity index (χ1) is 39.2. The predicted molar refractivity (Wildman–Crippen MR) is 300 cm³/mol. The van der Waals surface area contributed by atoms with Crippen molar-refractivity contribution in [1.29, 1.82) is 0 Å². The molecule has 25 heteroatoms. The van der Waals surface area contributed by atoms with Crippen molar-refractivity contribution >= 4 is 63.9 Å². The van der Waals surface area contributed by atoms with Crippen LogP contribution in [0.15, 0.2) is 72.8 Å². The van der Waals surface area contributed by atoms with E-state index < -0.39 is 64.1 Å². The topological polar surface area (TPSA) is 287 Å². The molecule has 2 unspecified atom stereocenters. The van der Waals surface area contributed by atoms with Crippen molar-refractivity contribution in [2.75, 3.05) is 70.9 Å². The number of hydrogen-bond acceptors (Lipinski definition) is 15. The molecule has 8 N–H and O–H groups in total. The van der Waals surface area contributed by atoms with E-state index in [1.54, 1.807) is 68.0 Å². The van der Waals surface area contributed by atoms with Crippen LogP contribution in [0.4, 0.5) is 20.3 Å². The van der Waals surface area contributed by atoms with E-state index in [1.807, 2.05) is 34.6 Å². The third kappa shape index (κ3) is 12.4. The van der Waals surface area contributed by atoms with E-state index in [2.05, 4.69) is 41.4 Å². The SMILES string of the molecule is Cc1ncsc1-c1ccc([C@H](CC(=O)NCCOCCNC(=O)CN2CCN(C(=O)c3ccc(Nc4nc(C5CC5)cn5c(-c6cn[nH]c6)cnc45)c(F)c3)CC2)C2(C(N)=O)CC(O)CN2C(=O)[C@@H](NC(=O)C2(F)CC2)C(C)(C)C)cc1. The van der Waals surface area contributed by atoms with E-state index in [4.69, 9.17) is 15.5 Å². The van der Waals surface area contributed by atoms with Gasteiger partial charge >= 0.3 is 0 Å². The average Bonchev–Trinajstić information content (AvgIpc) is 4.33. The zero-order valence-corrected chi connectivity index (χ0v) is 47.0. The summed E-state index contributed by atoms with van der Waals surface area (Å²) in [6.45, 7) is 8.65. The fourth-order valence-corrected chi connectivity index (χ4v) is 11.7. The van der Waals surface area contributed by atoms with E-state index >= 15 is 8.78 Å². The van der Waals surface area contributed by atoms with Crippen LogP contribution in [0, 0.1) is 18.2 Å². The van der Waals surface area contributed by atoms with E-state index in [1.165, 1.54) is 28.4 Å². The number of alkyl halides is 1. The maximum atomic E-state index is 15.7. The van der Waals surface area contributed by atoms with Gasteiger partial charge in [0.1, 0.15) is 17.4 Å². The number of nitrogens with zero attached hydrogens (tertiary/aromatic N) is 8. The minimum absolute atomic E-state index is 0.0197. The molecule has 4 atom stereocenters. The maximum absolute atomic E-state index is 15.7. The Bertz CT molecular complexity index is 3350. The monoisotopic (exact) mass is 1150 g/mol. The van der Waals surface area contributed by atoms with Gasteiger partial charge in [0.2, 0.25) is 23.6 Å². The number of aliphatic hydroxyl groups is 1. The second-order valence-corrected chi connectivity index (χ2v) is 23.6. The van der Waals surface area contributed by atoms with E-state index in [0.29, 0.717) is 49.1 Å². The van der Waals surface area contributed by atoms with Gasteiger partial charge in [-0.05, 0) is 67.3 Å². The van der Waals surface area contributed by atoms with Crippen molar-refractivity contribution in [2.45, 2.75) is 101 Å². The number of thiazole rings is 1. The van der Waals surface area contributed by atoms with Crippen LogP contribution in [0.5, 0.6) is 0 Å². The lowest BCUT2D eigenvalue weighted by Crippen LogP contribution is -2.65. The minimum atomic E-state index is -2.09. The number of amides is 6. The first-order valence-corrected chi connectivity index (χ1v) is 28.5. The quantitative estimate of drug-likeness (QED) is 0.0466. The second-order valence-electron chi connectivity index (χ2n) is 22.8. The number of likely N-dealkylation sites (tertiary alicyclic amines) is 1. The number of rotatable bonds is 22. The molecule has 82 heavy (non-hydrogen) atoms. The predicted octanol–water partition coefficient (Wildman–Crippen LogP) is 4.34. The molecule has 0 bridgehead atoms. The molecule has 6 heterocycles. The number of imidazole rings is 1. The molecule has 4 fully saturated rings. The zero-order chi connectivity index (χ0) is 58.1. The number of aromatic amines is 1. The molecule has 6 amide bonds. The molecule has 2 aromatic carbocycles. The van der Waals surface area contributed by atoms with Gasteiger partial charge in [0.15, 0.2) is 17.1 Å². The van der Waals surface area contributed by atoms with Crippen molar-refractivity contribution in [3.8, 4) is 21.7 Å². The number of nitrogens with two attached hydrogens (primary N) is 1. The normalized spacial score (nSPS) is 19.6.